The fourth-order valence-corrected chi connectivity index (χ4v) is 2.14. The van der Waals surface area contributed by atoms with E-state index in [9.17, 15) is 0 Å². The van der Waals surface area contributed by atoms with Crippen molar-refractivity contribution in [1.82, 2.24) is 15.3 Å². The van der Waals surface area contributed by atoms with Gasteiger partial charge in [-0.2, -0.15) is 4.98 Å². The Morgan fingerprint density at radius 3 is 2.61 bits per heavy atom. The van der Waals surface area contributed by atoms with E-state index in [2.05, 4.69) is 34.3 Å². The summed E-state index contributed by atoms with van der Waals surface area (Å²) in [4.78, 5) is 9.10. The lowest BCUT2D eigenvalue weighted by atomic mass is 10.1. The molecule has 0 saturated carbocycles. The summed E-state index contributed by atoms with van der Waals surface area (Å²) in [5.74, 6) is 1.41. The lowest BCUT2D eigenvalue weighted by Gasteiger charge is -2.08. The topological polar surface area (TPSA) is 47.0 Å². The average molecular weight is 241 g/mol. The SMILES string of the molecule is COc1nc(-c2ccc(C)cc2)nc2c1CNC2. The van der Waals surface area contributed by atoms with Gasteiger partial charge in [-0.15, -0.1) is 0 Å². The predicted molar refractivity (Wildman–Crippen MR) is 69.3 cm³/mol. The molecule has 4 heteroatoms. The Labute approximate surface area is 106 Å². The number of fused-ring (bicyclic) bond motifs is 1. The van der Waals surface area contributed by atoms with Gasteiger partial charge in [0, 0.05) is 18.7 Å². The van der Waals surface area contributed by atoms with E-state index in [0.29, 0.717) is 5.88 Å². The lowest BCUT2D eigenvalue weighted by molar-refractivity contribution is 0.392. The Bertz CT molecular complexity index is 578. The summed E-state index contributed by atoms with van der Waals surface area (Å²) in [6.07, 6.45) is 0. The van der Waals surface area contributed by atoms with Gasteiger partial charge in [0.2, 0.25) is 5.88 Å². The van der Waals surface area contributed by atoms with Crippen molar-refractivity contribution in [3.8, 4) is 17.3 Å². The van der Waals surface area contributed by atoms with E-state index in [1.807, 2.05) is 12.1 Å². The van der Waals surface area contributed by atoms with Crippen molar-refractivity contribution in [2.75, 3.05) is 7.11 Å². The van der Waals surface area contributed by atoms with Gasteiger partial charge in [0.1, 0.15) is 0 Å². The van der Waals surface area contributed by atoms with Crippen LogP contribution in [0.2, 0.25) is 0 Å². The van der Waals surface area contributed by atoms with E-state index >= 15 is 0 Å². The molecular formula is C14H15N3O. The van der Waals surface area contributed by atoms with Gasteiger partial charge in [-0.3, -0.25) is 0 Å². The van der Waals surface area contributed by atoms with E-state index in [4.69, 9.17) is 4.74 Å². The number of benzene rings is 1. The Hall–Kier alpha value is -1.94. The van der Waals surface area contributed by atoms with Gasteiger partial charge in [-0.25, -0.2) is 4.98 Å². The van der Waals surface area contributed by atoms with Crippen molar-refractivity contribution in [3.05, 3.63) is 41.1 Å². The molecule has 0 amide bonds. The normalized spacial score (nSPS) is 13.4. The summed E-state index contributed by atoms with van der Waals surface area (Å²) in [7, 11) is 1.65. The first kappa shape index (κ1) is 11.2. The Morgan fingerprint density at radius 2 is 1.89 bits per heavy atom. The molecule has 2 heterocycles. The molecule has 0 spiro atoms. The van der Waals surface area contributed by atoms with Crippen molar-refractivity contribution >= 4 is 0 Å². The number of ether oxygens (including phenoxy) is 1. The fraction of sp³-hybridized carbons (Fsp3) is 0.286. The van der Waals surface area contributed by atoms with Crippen LogP contribution in [-0.4, -0.2) is 17.1 Å². The largest absolute Gasteiger partial charge is 0.481 e. The fourth-order valence-electron chi connectivity index (χ4n) is 2.14. The third kappa shape index (κ3) is 1.84. The van der Waals surface area contributed by atoms with E-state index in [0.717, 1.165) is 35.7 Å². The number of hydrogen-bond donors (Lipinski definition) is 1. The van der Waals surface area contributed by atoms with E-state index in [-0.39, 0.29) is 0 Å². The molecule has 0 fully saturated rings. The minimum Gasteiger partial charge on any atom is -0.481 e. The van der Waals surface area contributed by atoms with Crippen molar-refractivity contribution in [2.24, 2.45) is 0 Å². The van der Waals surface area contributed by atoms with E-state index in [1.165, 1.54) is 5.56 Å². The van der Waals surface area contributed by atoms with Crippen molar-refractivity contribution in [2.45, 2.75) is 20.0 Å². The number of aromatic nitrogens is 2. The number of hydrogen-bond acceptors (Lipinski definition) is 4. The number of nitrogens with zero attached hydrogens (tertiary/aromatic N) is 2. The molecule has 0 aliphatic carbocycles. The monoisotopic (exact) mass is 241 g/mol. The molecular weight excluding hydrogens is 226 g/mol. The van der Waals surface area contributed by atoms with Gasteiger partial charge in [0.25, 0.3) is 0 Å². The minimum absolute atomic E-state index is 0.681. The van der Waals surface area contributed by atoms with Crippen molar-refractivity contribution in [3.63, 3.8) is 0 Å². The Balaban J connectivity index is 2.10. The maximum Gasteiger partial charge on any atom is 0.221 e. The van der Waals surface area contributed by atoms with E-state index < -0.39 is 0 Å². The summed E-state index contributed by atoms with van der Waals surface area (Å²) in [5.41, 5.74) is 4.37. The summed E-state index contributed by atoms with van der Waals surface area (Å²) in [5, 5.41) is 3.27. The summed E-state index contributed by atoms with van der Waals surface area (Å²) in [6, 6.07) is 8.21. The zero-order valence-corrected chi connectivity index (χ0v) is 10.5. The second-order valence-corrected chi connectivity index (χ2v) is 4.45. The maximum absolute atomic E-state index is 5.35. The highest BCUT2D eigenvalue weighted by Gasteiger charge is 2.19. The van der Waals surface area contributed by atoms with Gasteiger partial charge in [0.05, 0.1) is 18.4 Å². The summed E-state index contributed by atoms with van der Waals surface area (Å²) < 4.78 is 5.35. The molecule has 92 valence electrons. The zero-order chi connectivity index (χ0) is 12.5. The molecule has 2 aromatic rings. The molecule has 18 heavy (non-hydrogen) atoms. The highest BCUT2D eigenvalue weighted by atomic mass is 16.5. The van der Waals surface area contributed by atoms with Crippen LogP contribution in [-0.2, 0) is 13.1 Å². The van der Waals surface area contributed by atoms with Gasteiger partial charge in [-0.05, 0) is 6.92 Å². The zero-order valence-electron chi connectivity index (χ0n) is 10.5. The third-order valence-corrected chi connectivity index (χ3v) is 3.15. The van der Waals surface area contributed by atoms with Crippen LogP contribution in [0, 0.1) is 6.92 Å². The first-order valence-corrected chi connectivity index (χ1v) is 5.99. The van der Waals surface area contributed by atoms with Crippen LogP contribution in [0.1, 0.15) is 16.8 Å². The molecule has 3 rings (SSSR count). The molecule has 1 aliphatic rings. The van der Waals surface area contributed by atoms with Gasteiger partial charge in [0.15, 0.2) is 5.82 Å². The average Bonchev–Trinajstić information content (AvgIpc) is 2.86. The summed E-state index contributed by atoms with van der Waals surface area (Å²) in [6.45, 7) is 3.64. The molecule has 1 N–H and O–H groups in total. The number of nitrogens with one attached hydrogen (secondary N) is 1. The molecule has 0 bridgehead atoms. The number of rotatable bonds is 2. The van der Waals surface area contributed by atoms with Crippen molar-refractivity contribution < 1.29 is 4.74 Å². The molecule has 0 saturated heterocycles. The quantitative estimate of drug-likeness (QED) is 0.874. The molecule has 1 aromatic carbocycles. The van der Waals surface area contributed by atoms with Crippen LogP contribution in [0.5, 0.6) is 5.88 Å². The van der Waals surface area contributed by atoms with Gasteiger partial charge in [-0.1, -0.05) is 29.8 Å². The van der Waals surface area contributed by atoms with Crippen LogP contribution < -0.4 is 10.1 Å². The molecule has 1 aliphatic heterocycles. The maximum atomic E-state index is 5.35. The van der Waals surface area contributed by atoms with Crippen molar-refractivity contribution in [1.29, 1.82) is 0 Å². The molecule has 0 radical (unpaired) electrons. The molecule has 4 nitrogen and oxygen atoms in total. The van der Waals surface area contributed by atoms with Crippen LogP contribution in [0.4, 0.5) is 0 Å². The number of aryl methyl sites for hydroxylation is 1. The van der Waals surface area contributed by atoms with Crippen LogP contribution in [0.25, 0.3) is 11.4 Å². The predicted octanol–water partition coefficient (Wildman–Crippen LogP) is 2.06. The molecule has 0 unspecified atom stereocenters. The Morgan fingerprint density at radius 1 is 1.11 bits per heavy atom. The van der Waals surface area contributed by atoms with Gasteiger partial charge >= 0.3 is 0 Å². The van der Waals surface area contributed by atoms with Crippen LogP contribution in [0.3, 0.4) is 0 Å². The smallest absolute Gasteiger partial charge is 0.221 e. The second-order valence-electron chi connectivity index (χ2n) is 4.45. The summed E-state index contributed by atoms with van der Waals surface area (Å²) >= 11 is 0. The Kier molecular flexibility index (Phi) is 2.72. The van der Waals surface area contributed by atoms with Crippen LogP contribution in [0.15, 0.2) is 24.3 Å². The third-order valence-electron chi connectivity index (χ3n) is 3.15. The standard InChI is InChI=1S/C14H15N3O/c1-9-3-5-10(6-4-9)13-16-12-8-15-7-11(12)14(17-13)18-2/h3-6,15H,7-8H2,1-2H3. The molecule has 0 atom stereocenters. The van der Waals surface area contributed by atoms with Crippen LogP contribution >= 0.6 is 0 Å². The minimum atomic E-state index is 0.681. The first-order chi connectivity index (χ1) is 8.78. The van der Waals surface area contributed by atoms with E-state index in [1.54, 1.807) is 7.11 Å². The first-order valence-electron chi connectivity index (χ1n) is 5.99. The highest BCUT2D eigenvalue weighted by molar-refractivity contribution is 5.57. The molecule has 1 aromatic heterocycles. The second kappa shape index (κ2) is 4.38. The number of methoxy groups -OCH3 is 1. The highest BCUT2D eigenvalue weighted by Crippen LogP contribution is 2.26. The van der Waals surface area contributed by atoms with Gasteiger partial charge < -0.3 is 10.1 Å². The lowest BCUT2D eigenvalue weighted by Crippen LogP contribution is -2.01.